The van der Waals surface area contributed by atoms with Gasteiger partial charge in [0.25, 0.3) is 0 Å². The summed E-state index contributed by atoms with van der Waals surface area (Å²) in [5.41, 5.74) is 7.09. The van der Waals surface area contributed by atoms with Crippen molar-refractivity contribution in [3.8, 4) is 0 Å². The van der Waals surface area contributed by atoms with Crippen LogP contribution in [0.4, 0.5) is 5.69 Å². The molecular formula is C23H32N6O3. The molecule has 1 saturated heterocycles. The van der Waals surface area contributed by atoms with E-state index in [2.05, 4.69) is 15.3 Å². The molecule has 4 rings (SSSR count). The largest absolute Gasteiger partial charge is 0.369 e. The number of hydrogen-bond acceptors (Lipinski definition) is 5. The highest BCUT2D eigenvalue weighted by molar-refractivity contribution is 5.90. The fraction of sp³-hybridized carbons (Fsp3) is 0.565. The molecule has 2 aliphatic rings. The highest BCUT2D eigenvalue weighted by Crippen LogP contribution is 2.17. The van der Waals surface area contributed by atoms with Gasteiger partial charge in [0.1, 0.15) is 12.4 Å². The van der Waals surface area contributed by atoms with Crippen LogP contribution in [0.3, 0.4) is 0 Å². The van der Waals surface area contributed by atoms with Gasteiger partial charge in [-0.25, -0.2) is 9.48 Å². The van der Waals surface area contributed by atoms with E-state index in [0.717, 1.165) is 70.4 Å². The van der Waals surface area contributed by atoms with Crippen LogP contribution in [-0.4, -0.2) is 50.7 Å². The number of carbonyl (C=O) groups is 2. The average Bonchev–Trinajstić information content (AvgIpc) is 2.94. The summed E-state index contributed by atoms with van der Waals surface area (Å²) >= 11 is 0. The Bertz CT molecular complexity index is 1000. The number of anilines is 1. The summed E-state index contributed by atoms with van der Waals surface area (Å²) in [6.45, 7) is 3.34. The van der Waals surface area contributed by atoms with Gasteiger partial charge in [0.2, 0.25) is 11.8 Å². The number of amides is 2. The number of nitrogens with zero attached hydrogens (tertiary/aromatic N) is 4. The lowest BCUT2D eigenvalue weighted by molar-refractivity contribution is -0.123. The number of carbonyl (C=O) groups excluding carboxylic acids is 2. The summed E-state index contributed by atoms with van der Waals surface area (Å²) in [6.07, 6.45) is 6.47. The molecule has 0 unspecified atom stereocenters. The maximum absolute atomic E-state index is 12.5. The van der Waals surface area contributed by atoms with E-state index in [0.29, 0.717) is 12.2 Å². The number of aryl methyl sites for hydroxylation is 1. The Labute approximate surface area is 187 Å². The van der Waals surface area contributed by atoms with Crippen LogP contribution < -0.4 is 16.7 Å². The summed E-state index contributed by atoms with van der Waals surface area (Å²) in [6, 6.07) is 7.79. The third-order valence-electron chi connectivity index (χ3n) is 6.52. The molecule has 0 bridgehead atoms. The van der Waals surface area contributed by atoms with E-state index in [9.17, 15) is 14.4 Å². The first-order chi connectivity index (χ1) is 15.5. The minimum absolute atomic E-state index is 0.0159. The molecule has 0 atom stereocenters. The Hall–Kier alpha value is -2.94. The molecule has 9 nitrogen and oxygen atoms in total. The molecule has 3 N–H and O–H groups in total. The topological polar surface area (TPSA) is 115 Å². The van der Waals surface area contributed by atoms with E-state index < -0.39 is 0 Å². The first kappa shape index (κ1) is 22.3. The van der Waals surface area contributed by atoms with E-state index in [1.165, 1.54) is 10.2 Å². The molecular weight excluding hydrogens is 408 g/mol. The van der Waals surface area contributed by atoms with Gasteiger partial charge in [-0.05, 0) is 62.9 Å². The van der Waals surface area contributed by atoms with Crippen LogP contribution in [0.25, 0.3) is 0 Å². The van der Waals surface area contributed by atoms with Gasteiger partial charge in [-0.3, -0.25) is 14.2 Å². The Morgan fingerprint density at radius 1 is 1.06 bits per heavy atom. The van der Waals surface area contributed by atoms with Crippen molar-refractivity contribution in [1.29, 1.82) is 0 Å². The molecule has 172 valence electrons. The molecule has 0 saturated carbocycles. The number of nitrogens with one attached hydrogen (secondary N) is 1. The normalized spacial score (nSPS) is 17.5. The maximum atomic E-state index is 12.5. The monoisotopic (exact) mass is 440 g/mol. The summed E-state index contributed by atoms with van der Waals surface area (Å²) in [5.74, 6) is 0.353. The Morgan fingerprint density at radius 2 is 1.81 bits per heavy atom. The maximum Gasteiger partial charge on any atom is 0.346 e. The highest BCUT2D eigenvalue weighted by Gasteiger charge is 2.22. The third-order valence-corrected chi connectivity index (χ3v) is 6.52. The van der Waals surface area contributed by atoms with Gasteiger partial charge in [0.05, 0.1) is 0 Å². The van der Waals surface area contributed by atoms with Gasteiger partial charge in [-0.1, -0.05) is 18.6 Å². The summed E-state index contributed by atoms with van der Waals surface area (Å²) in [7, 11) is 0. The van der Waals surface area contributed by atoms with Gasteiger partial charge < -0.3 is 16.0 Å². The summed E-state index contributed by atoms with van der Waals surface area (Å²) < 4.78 is 2.97. The van der Waals surface area contributed by atoms with E-state index in [1.54, 1.807) is 4.57 Å². The fourth-order valence-electron chi connectivity index (χ4n) is 4.55. The number of hydrogen-bond donors (Lipinski definition) is 2. The van der Waals surface area contributed by atoms with Crippen molar-refractivity contribution in [1.82, 2.24) is 19.2 Å². The minimum atomic E-state index is -0.259. The van der Waals surface area contributed by atoms with Crippen LogP contribution in [0.5, 0.6) is 0 Å². The lowest BCUT2D eigenvalue weighted by Gasteiger charge is -2.30. The van der Waals surface area contributed by atoms with Crippen LogP contribution >= 0.6 is 0 Å². The first-order valence-electron chi connectivity index (χ1n) is 11.6. The standard InChI is InChI=1S/C23H32N6O3/c24-22(31)18-10-14-27(15-11-18)13-9-17-5-7-19(8-6-17)25-21(30)16-29-23(32)28-12-3-1-2-4-20(28)26-29/h5-8,18H,1-4,9-16H2,(H2,24,31)(H,25,30). The number of nitrogens with two attached hydrogens (primary N) is 1. The van der Waals surface area contributed by atoms with Crippen molar-refractivity contribution in [3.63, 3.8) is 0 Å². The third kappa shape index (κ3) is 5.45. The van der Waals surface area contributed by atoms with Crippen LogP contribution in [0.15, 0.2) is 29.1 Å². The first-order valence-corrected chi connectivity index (χ1v) is 11.6. The van der Waals surface area contributed by atoms with Crippen molar-refractivity contribution >= 4 is 17.5 Å². The highest BCUT2D eigenvalue weighted by atomic mass is 16.2. The number of piperidine rings is 1. The quantitative estimate of drug-likeness (QED) is 0.670. The molecule has 0 spiro atoms. The molecule has 3 heterocycles. The van der Waals surface area contributed by atoms with Crippen molar-refractivity contribution in [3.05, 3.63) is 46.1 Å². The molecule has 1 fully saturated rings. The zero-order chi connectivity index (χ0) is 22.5. The van der Waals surface area contributed by atoms with Crippen molar-refractivity contribution < 1.29 is 9.59 Å². The second kappa shape index (κ2) is 10.1. The van der Waals surface area contributed by atoms with Gasteiger partial charge in [0.15, 0.2) is 0 Å². The van der Waals surface area contributed by atoms with Crippen LogP contribution in [-0.2, 0) is 35.5 Å². The molecule has 1 aromatic heterocycles. The zero-order valence-corrected chi connectivity index (χ0v) is 18.5. The fourth-order valence-corrected chi connectivity index (χ4v) is 4.55. The van der Waals surface area contributed by atoms with E-state index in [1.807, 2.05) is 24.3 Å². The van der Waals surface area contributed by atoms with E-state index in [-0.39, 0.29) is 30.0 Å². The molecule has 2 amide bonds. The van der Waals surface area contributed by atoms with Gasteiger partial charge in [-0.2, -0.15) is 5.10 Å². The van der Waals surface area contributed by atoms with Crippen LogP contribution in [0.1, 0.15) is 43.5 Å². The molecule has 9 heteroatoms. The number of aromatic nitrogens is 3. The lowest BCUT2D eigenvalue weighted by Crippen LogP contribution is -2.39. The Balaban J connectivity index is 1.25. The smallest absolute Gasteiger partial charge is 0.346 e. The predicted octanol–water partition coefficient (Wildman–Crippen LogP) is 1.15. The number of primary amides is 1. The molecule has 0 aliphatic carbocycles. The average molecular weight is 441 g/mol. The zero-order valence-electron chi connectivity index (χ0n) is 18.5. The second-order valence-electron chi connectivity index (χ2n) is 8.83. The van der Waals surface area contributed by atoms with Crippen LogP contribution in [0, 0.1) is 5.92 Å². The molecule has 2 aromatic rings. The molecule has 2 aliphatic heterocycles. The number of benzene rings is 1. The molecule has 0 radical (unpaired) electrons. The predicted molar refractivity (Wildman–Crippen MR) is 121 cm³/mol. The van der Waals surface area contributed by atoms with Crippen molar-refractivity contribution in [2.24, 2.45) is 11.7 Å². The van der Waals surface area contributed by atoms with Crippen molar-refractivity contribution in [2.75, 3.05) is 25.0 Å². The Morgan fingerprint density at radius 3 is 2.53 bits per heavy atom. The van der Waals surface area contributed by atoms with Gasteiger partial charge in [0, 0.05) is 31.1 Å². The van der Waals surface area contributed by atoms with Crippen LogP contribution in [0.2, 0.25) is 0 Å². The Kier molecular flexibility index (Phi) is 7.04. The number of likely N-dealkylation sites (tertiary alicyclic amines) is 1. The van der Waals surface area contributed by atoms with Gasteiger partial charge >= 0.3 is 5.69 Å². The van der Waals surface area contributed by atoms with Crippen molar-refractivity contribution in [2.45, 2.75) is 58.0 Å². The SMILES string of the molecule is NC(=O)C1CCN(CCc2ccc(NC(=O)Cn3nc4n(c3=O)CCCCC4)cc2)CC1. The summed E-state index contributed by atoms with van der Waals surface area (Å²) in [4.78, 5) is 38.6. The number of fused-ring (bicyclic) bond motifs is 1. The van der Waals surface area contributed by atoms with E-state index in [4.69, 9.17) is 5.73 Å². The molecule has 32 heavy (non-hydrogen) atoms. The summed E-state index contributed by atoms with van der Waals surface area (Å²) in [5, 5.41) is 7.22. The second-order valence-corrected chi connectivity index (χ2v) is 8.83. The molecule has 1 aromatic carbocycles. The van der Waals surface area contributed by atoms with E-state index >= 15 is 0 Å². The van der Waals surface area contributed by atoms with Gasteiger partial charge in [-0.15, -0.1) is 0 Å². The number of rotatable bonds is 7. The lowest BCUT2D eigenvalue weighted by atomic mass is 9.96. The minimum Gasteiger partial charge on any atom is -0.369 e.